The topological polar surface area (TPSA) is 147 Å². The van der Waals surface area contributed by atoms with Crippen LogP contribution in [0.1, 0.15) is 75.7 Å². The Morgan fingerprint density at radius 2 is 1.95 bits per heavy atom. The predicted molar refractivity (Wildman–Crippen MR) is 158 cm³/mol. The number of aliphatic hydroxyl groups excluding tert-OH is 1. The molecule has 3 heterocycles. The van der Waals surface area contributed by atoms with E-state index in [4.69, 9.17) is 18.9 Å². The molecule has 2 N–H and O–H groups in total. The van der Waals surface area contributed by atoms with Crippen LogP contribution in [0.2, 0.25) is 0 Å². The van der Waals surface area contributed by atoms with Crippen LogP contribution in [0.4, 0.5) is 10.5 Å². The SMILES string of the molecule is CCC(=O)NCCN1C(=O)C2(CC2)Oc2cc(C)c(C(=O)N(C(C)C)[C@@H]3CCCN(C(=O)OCC4=C(C)OC(O)O4)C3)cc21. The molecule has 13 heteroatoms. The summed E-state index contributed by atoms with van der Waals surface area (Å²) in [6.07, 6.45) is 2.45. The lowest BCUT2D eigenvalue weighted by atomic mass is 9.98. The van der Waals surface area contributed by atoms with Crippen molar-refractivity contribution in [1.29, 1.82) is 0 Å². The van der Waals surface area contributed by atoms with E-state index in [2.05, 4.69) is 5.32 Å². The molecule has 1 saturated carbocycles. The smallest absolute Gasteiger partial charge is 0.410 e. The summed E-state index contributed by atoms with van der Waals surface area (Å²) in [7, 11) is 0. The number of ether oxygens (including phenoxy) is 4. The van der Waals surface area contributed by atoms with Gasteiger partial charge in [0.05, 0.1) is 11.7 Å². The van der Waals surface area contributed by atoms with E-state index in [9.17, 15) is 24.3 Å². The Labute approximate surface area is 257 Å². The van der Waals surface area contributed by atoms with E-state index < -0.39 is 18.2 Å². The highest BCUT2D eigenvalue weighted by Gasteiger charge is 2.58. The quantitative estimate of drug-likeness (QED) is 0.429. The van der Waals surface area contributed by atoms with Gasteiger partial charge in [0, 0.05) is 57.0 Å². The molecule has 44 heavy (non-hydrogen) atoms. The van der Waals surface area contributed by atoms with Gasteiger partial charge in [0.2, 0.25) is 5.91 Å². The van der Waals surface area contributed by atoms with E-state index in [0.29, 0.717) is 61.4 Å². The van der Waals surface area contributed by atoms with Crippen LogP contribution in [0.15, 0.2) is 23.7 Å². The van der Waals surface area contributed by atoms with Crippen molar-refractivity contribution in [2.45, 2.75) is 90.9 Å². The first-order valence-corrected chi connectivity index (χ1v) is 15.3. The van der Waals surface area contributed by atoms with Crippen LogP contribution in [0.5, 0.6) is 5.75 Å². The number of likely N-dealkylation sites (tertiary alicyclic amines) is 1. The third kappa shape index (κ3) is 6.28. The number of rotatable bonds is 9. The second kappa shape index (κ2) is 12.5. The summed E-state index contributed by atoms with van der Waals surface area (Å²) in [5, 5.41) is 12.3. The number of hydrogen-bond donors (Lipinski definition) is 2. The van der Waals surface area contributed by atoms with Gasteiger partial charge >= 0.3 is 12.6 Å². The normalized spacial score (nSPS) is 21.8. The molecule has 4 amide bonds. The standard InChI is InChI=1S/C31H42N4O9/c1-6-26(36)32-11-13-34-23-15-22(19(4)14-24(23)44-31(9-10-31)28(34)38)27(37)35(18(2)3)21-8-7-12-33(16-21)29(39)41-17-25-20(5)42-30(40)43-25/h14-15,18,21,30,40H,6-13,16-17H2,1-5H3,(H,32,36)/t21-,30?/m1/s1. The molecule has 3 aliphatic heterocycles. The van der Waals surface area contributed by atoms with Crippen molar-refractivity contribution in [3.63, 3.8) is 0 Å². The lowest BCUT2D eigenvalue weighted by Gasteiger charge is -2.41. The maximum absolute atomic E-state index is 14.2. The molecule has 1 spiro atoms. The molecule has 0 aromatic heterocycles. The molecule has 13 nitrogen and oxygen atoms in total. The van der Waals surface area contributed by atoms with Gasteiger partial charge in [-0.1, -0.05) is 6.92 Å². The lowest BCUT2D eigenvalue weighted by molar-refractivity contribution is -0.194. The summed E-state index contributed by atoms with van der Waals surface area (Å²) in [5.74, 6) is 0.688. The lowest BCUT2D eigenvalue weighted by Crippen LogP contribution is -2.54. The highest BCUT2D eigenvalue weighted by molar-refractivity contribution is 6.06. The average molecular weight is 615 g/mol. The Morgan fingerprint density at radius 1 is 1.20 bits per heavy atom. The van der Waals surface area contributed by atoms with Gasteiger partial charge in [-0.05, 0) is 58.2 Å². The highest BCUT2D eigenvalue weighted by atomic mass is 16.8. The molecular weight excluding hydrogens is 572 g/mol. The Morgan fingerprint density at radius 3 is 2.59 bits per heavy atom. The fraction of sp³-hybridized carbons (Fsp3) is 0.613. The molecule has 240 valence electrons. The van der Waals surface area contributed by atoms with Gasteiger partial charge in [-0.15, -0.1) is 0 Å². The number of hydrogen-bond acceptors (Lipinski definition) is 9. The number of allylic oxidation sites excluding steroid dienone is 1. The average Bonchev–Trinajstić information content (AvgIpc) is 3.68. The number of carbonyl (C=O) groups excluding carboxylic acids is 4. The van der Waals surface area contributed by atoms with Gasteiger partial charge in [-0.2, -0.15) is 0 Å². The molecule has 5 rings (SSSR count). The molecule has 0 bridgehead atoms. The number of piperidine rings is 1. The van der Waals surface area contributed by atoms with Gasteiger partial charge in [-0.3, -0.25) is 14.4 Å². The summed E-state index contributed by atoms with van der Waals surface area (Å²) in [4.78, 5) is 57.5. The molecule has 1 saturated heterocycles. The number of amides is 4. The Bertz CT molecular complexity index is 1360. The number of nitrogens with zero attached hydrogens (tertiary/aromatic N) is 3. The molecule has 0 radical (unpaired) electrons. The first-order chi connectivity index (χ1) is 20.9. The van der Waals surface area contributed by atoms with Crippen LogP contribution < -0.4 is 15.0 Å². The minimum Gasteiger partial charge on any atom is -0.475 e. The van der Waals surface area contributed by atoms with E-state index >= 15 is 0 Å². The van der Waals surface area contributed by atoms with Crippen LogP contribution >= 0.6 is 0 Å². The molecule has 2 fully saturated rings. The summed E-state index contributed by atoms with van der Waals surface area (Å²) >= 11 is 0. The van der Waals surface area contributed by atoms with Crippen molar-refractivity contribution < 1.29 is 43.2 Å². The number of aliphatic hydroxyl groups is 1. The predicted octanol–water partition coefficient (Wildman–Crippen LogP) is 2.79. The van der Waals surface area contributed by atoms with Gasteiger partial charge in [-0.25, -0.2) is 4.79 Å². The van der Waals surface area contributed by atoms with Crippen molar-refractivity contribution in [3.05, 3.63) is 34.8 Å². The number of fused-ring (bicyclic) bond motifs is 1. The van der Waals surface area contributed by atoms with Crippen LogP contribution in [-0.2, 0) is 23.8 Å². The molecule has 1 aromatic rings. The van der Waals surface area contributed by atoms with Gasteiger partial charge < -0.3 is 44.1 Å². The fourth-order valence-corrected chi connectivity index (χ4v) is 5.99. The zero-order chi connectivity index (χ0) is 31.8. The van der Waals surface area contributed by atoms with E-state index in [1.54, 1.807) is 34.6 Å². The maximum Gasteiger partial charge on any atom is 0.410 e. The number of benzene rings is 1. The third-order valence-corrected chi connectivity index (χ3v) is 8.53. The van der Waals surface area contributed by atoms with Crippen molar-refractivity contribution in [3.8, 4) is 5.75 Å². The minimum atomic E-state index is -1.41. The van der Waals surface area contributed by atoms with Crippen LogP contribution in [0, 0.1) is 6.92 Å². The van der Waals surface area contributed by atoms with Crippen LogP contribution in [0.25, 0.3) is 0 Å². The van der Waals surface area contributed by atoms with E-state index in [0.717, 1.165) is 5.56 Å². The van der Waals surface area contributed by atoms with Crippen molar-refractivity contribution in [1.82, 2.24) is 15.1 Å². The second-order valence-electron chi connectivity index (χ2n) is 12.0. The first-order valence-electron chi connectivity index (χ1n) is 15.3. The first kappa shape index (κ1) is 31.4. The van der Waals surface area contributed by atoms with Gasteiger partial charge in [0.25, 0.3) is 11.8 Å². The Kier molecular flexibility index (Phi) is 8.96. The Balaban J connectivity index is 1.33. The van der Waals surface area contributed by atoms with Crippen LogP contribution in [-0.4, -0.2) is 95.7 Å². The van der Waals surface area contributed by atoms with Crippen molar-refractivity contribution in [2.75, 3.05) is 37.7 Å². The summed E-state index contributed by atoms with van der Waals surface area (Å²) in [5.41, 5.74) is 0.816. The van der Waals surface area contributed by atoms with E-state index in [1.165, 1.54) is 0 Å². The Hall–Kier alpha value is -4.00. The molecule has 1 aromatic carbocycles. The summed E-state index contributed by atoms with van der Waals surface area (Å²) in [6, 6.07) is 3.10. The van der Waals surface area contributed by atoms with Crippen molar-refractivity contribution in [2.24, 2.45) is 0 Å². The maximum atomic E-state index is 14.2. The largest absolute Gasteiger partial charge is 0.475 e. The number of anilines is 1. The zero-order valence-corrected chi connectivity index (χ0v) is 26.0. The number of nitrogens with one attached hydrogen (secondary N) is 1. The summed E-state index contributed by atoms with van der Waals surface area (Å²) in [6.45, 7) is 8.84. The number of carbonyl (C=O) groups is 4. The van der Waals surface area contributed by atoms with Gasteiger partial charge in [0.15, 0.2) is 18.0 Å². The summed E-state index contributed by atoms with van der Waals surface area (Å²) < 4.78 is 21.7. The monoisotopic (exact) mass is 614 g/mol. The zero-order valence-electron chi connectivity index (χ0n) is 26.0. The second-order valence-corrected chi connectivity index (χ2v) is 12.0. The molecule has 1 aliphatic carbocycles. The fourth-order valence-electron chi connectivity index (χ4n) is 5.99. The van der Waals surface area contributed by atoms with Crippen molar-refractivity contribution >= 4 is 29.5 Å². The minimum absolute atomic E-state index is 0.100. The van der Waals surface area contributed by atoms with E-state index in [1.807, 2.05) is 26.8 Å². The molecule has 1 unspecified atom stereocenters. The van der Waals surface area contributed by atoms with Gasteiger partial charge in [0.1, 0.15) is 11.5 Å². The molecule has 4 aliphatic rings. The molecule has 2 atom stereocenters. The third-order valence-electron chi connectivity index (χ3n) is 8.53. The highest BCUT2D eigenvalue weighted by Crippen LogP contribution is 2.50. The number of aryl methyl sites for hydroxylation is 1. The van der Waals surface area contributed by atoms with Crippen LogP contribution in [0.3, 0.4) is 0 Å². The van der Waals surface area contributed by atoms with E-state index in [-0.39, 0.29) is 61.8 Å². The molecular formula is C31H42N4O9.